The number of carbonyl (C=O) groups is 1. The molecule has 0 N–H and O–H groups in total. The second kappa shape index (κ2) is 6.10. The summed E-state index contributed by atoms with van der Waals surface area (Å²) in [5.74, 6) is 0.641. The van der Waals surface area contributed by atoms with E-state index in [1.54, 1.807) is 0 Å². The minimum atomic E-state index is 0.126. The quantitative estimate of drug-likeness (QED) is 0.665. The van der Waals surface area contributed by atoms with Crippen LogP contribution >= 0.6 is 38.5 Å². The first-order chi connectivity index (χ1) is 8.90. The van der Waals surface area contributed by atoms with Gasteiger partial charge >= 0.3 is 0 Å². The maximum absolute atomic E-state index is 12.6. The number of rotatable bonds is 2. The summed E-state index contributed by atoms with van der Waals surface area (Å²) in [5.41, 5.74) is 0.763. The van der Waals surface area contributed by atoms with Crippen molar-refractivity contribution < 1.29 is 4.79 Å². The third-order valence-electron chi connectivity index (χ3n) is 3.68. The summed E-state index contributed by atoms with van der Waals surface area (Å²) in [6.07, 6.45) is 0. The SMILES string of the molecule is CC1CN(C(=O)c2cc(I)ccc2Br)CC1N(C)C. The number of halogens is 2. The van der Waals surface area contributed by atoms with Gasteiger partial charge in [-0.2, -0.15) is 0 Å². The minimum Gasteiger partial charge on any atom is -0.337 e. The summed E-state index contributed by atoms with van der Waals surface area (Å²) in [5, 5.41) is 0. The van der Waals surface area contributed by atoms with Crippen molar-refractivity contribution in [1.82, 2.24) is 9.80 Å². The highest BCUT2D eigenvalue weighted by Crippen LogP contribution is 2.26. The number of likely N-dealkylation sites (N-methyl/N-ethyl adjacent to an activating group) is 1. The fourth-order valence-electron chi connectivity index (χ4n) is 2.62. The topological polar surface area (TPSA) is 23.6 Å². The molecule has 1 saturated heterocycles. The van der Waals surface area contributed by atoms with Crippen molar-refractivity contribution in [3.63, 3.8) is 0 Å². The lowest BCUT2D eigenvalue weighted by Gasteiger charge is -2.22. The summed E-state index contributed by atoms with van der Waals surface area (Å²) < 4.78 is 1.96. The molecule has 2 atom stereocenters. The first-order valence-electron chi connectivity index (χ1n) is 6.31. The van der Waals surface area contributed by atoms with Gasteiger partial charge in [0.1, 0.15) is 0 Å². The molecule has 1 amide bonds. The van der Waals surface area contributed by atoms with Crippen molar-refractivity contribution in [2.24, 2.45) is 5.92 Å². The lowest BCUT2D eigenvalue weighted by molar-refractivity contribution is 0.0780. The Morgan fingerprint density at radius 2 is 2.11 bits per heavy atom. The van der Waals surface area contributed by atoms with Crippen LogP contribution in [0.4, 0.5) is 0 Å². The van der Waals surface area contributed by atoms with Crippen LogP contribution in [0.5, 0.6) is 0 Å². The molecule has 1 fully saturated rings. The summed E-state index contributed by atoms with van der Waals surface area (Å²) >= 11 is 5.71. The third kappa shape index (κ3) is 3.31. The Bertz CT molecular complexity index is 492. The molecule has 5 heteroatoms. The summed E-state index contributed by atoms with van der Waals surface area (Å²) in [6, 6.07) is 6.33. The van der Waals surface area contributed by atoms with Crippen LogP contribution < -0.4 is 0 Å². The van der Waals surface area contributed by atoms with Crippen LogP contribution in [0.25, 0.3) is 0 Å². The van der Waals surface area contributed by atoms with Crippen molar-refractivity contribution >= 4 is 44.4 Å². The minimum absolute atomic E-state index is 0.126. The predicted molar refractivity (Wildman–Crippen MR) is 89.4 cm³/mol. The fourth-order valence-corrected chi connectivity index (χ4v) is 3.53. The molecule has 1 aliphatic heterocycles. The Balaban J connectivity index is 2.19. The van der Waals surface area contributed by atoms with Gasteiger partial charge < -0.3 is 9.80 Å². The number of likely N-dealkylation sites (tertiary alicyclic amines) is 1. The van der Waals surface area contributed by atoms with E-state index in [0.717, 1.165) is 26.7 Å². The van der Waals surface area contributed by atoms with Crippen molar-refractivity contribution in [2.75, 3.05) is 27.2 Å². The number of benzene rings is 1. The maximum atomic E-state index is 12.6. The number of carbonyl (C=O) groups excluding carboxylic acids is 1. The van der Waals surface area contributed by atoms with Gasteiger partial charge in [0.2, 0.25) is 0 Å². The third-order valence-corrected chi connectivity index (χ3v) is 5.04. The van der Waals surface area contributed by atoms with Gasteiger partial charge in [0.05, 0.1) is 5.56 Å². The molecule has 1 heterocycles. The summed E-state index contributed by atoms with van der Waals surface area (Å²) in [7, 11) is 4.16. The molecular weight excluding hydrogens is 419 g/mol. The number of amides is 1. The molecule has 2 rings (SSSR count). The maximum Gasteiger partial charge on any atom is 0.255 e. The number of nitrogens with zero attached hydrogens (tertiary/aromatic N) is 2. The molecule has 1 aromatic rings. The van der Waals surface area contributed by atoms with Gasteiger partial charge in [-0.05, 0) is 76.7 Å². The second-order valence-electron chi connectivity index (χ2n) is 5.34. The largest absolute Gasteiger partial charge is 0.337 e. The molecule has 104 valence electrons. The highest BCUT2D eigenvalue weighted by atomic mass is 127. The Hall–Kier alpha value is -0.140. The molecule has 0 aromatic heterocycles. The monoisotopic (exact) mass is 436 g/mol. The van der Waals surface area contributed by atoms with Gasteiger partial charge in [-0.3, -0.25) is 4.79 Å². The molecule has 0 aliphatic carbocycles. The van der Waals surface area contributed by atoms with E-state index in [0.29, 0.717) is 12.0 Å². The van der Waals surface area contributed by atoms with Crippen LogP contribution in [0.15, 0.2) is 22.7 Å². The van der Waals surface area contributed by atoms with Gasteiger partial charge in [-0.15, -0.1) is 0 Å². The van der Waals surface area contributed by atoms with Crippen molar-refractivity contribution in [3.05, 3.63) is 31.8 Å². The van der Waals surface area contributed by atoms with Crippen molar-refractivity contribution in [1.29, 1.82) is 0 Å². The lowest BCUT2D eigenvalue weighted by Crippen LogP contribution is -2.35. The molecule has 0 bridgehead atoms. The normalized spacial score (nSPS) is 23.2. The summed E-state index contributed by atoms with van der Waals surface area (Å²) in [4.78, 5) is 16.8. The first kappa shape index (κ1) is 15.3. The zero-order valence-corrected chi connectivity index (χ0v) is 15.1. The smallest absolute Gasteiger partial charge is 0.255 e. The van der Waals surface area contributed by atoms with Crippen LogP contribution in [0, 0.1) is 9.49 Å². The predicted octanol–water partition coefficient (Wildman–Crippen LogP) is 3.08. The van der Waals surface area contributed by atoms with Gasteiger partial charge in [-0.25, -0.2) is 0 Å². The van der Waals surface area contributed by atoms with E-state index >= 15 is 0 Å². The standard InChI is InChI=1S/C14H18BrIN2O/c1-9-7-18(8-13(9)17(2)3)14(19)11-6-10(16)4-5-12(11)15/h4-6,9,13H,7-8H2,1-3H3. The molecule has 3 nitrogen and oxygen atoms in total. The van der Waals surface area contributed by atoms with E-state index in [9.17, 15) is 4.79 Å². The Labute approximate surface area is 136 Å². The molecular formula is C14H18BrIN2O. The van der Waals surface area contributed by atoms with Crippen LogP contribution in [0.2, 0.25) is 0 Å². The van der Waals surface area contributed by atoms with E-state index in [1.807, 2.05) is 23.1 Å². The molecule has 0 saturated carbocycles. The van der Waals surface area contributed by atoms with Crippen molar-refractivity contribution in [2.45, 2.75) is 13.0 Å². The van der Waals surface area contributed by atoms with Gasteiger partial charge in [0.25, 0.3) is 5.91 Å². The van der Waals surface area contributed by atoms with E-state index < -0.39 is 0 Å². The fraction of sp³-hybridized carbons (Fsp3) is 0.500. The molecule has 19 heavy (non-hydrogen) atoms. The Morgan fingerprint density at radius 1 is 1.42 bits per heavy atom. The highest BCUT2D eigenvalue weighted by molar-refractivity contribution is 14.1. The summed E-state index contributed by atoms with van der Waals surface area (Å²) in [6.45, 7) is 3.85. The highest BCUT2D eigenvalue weighted by Gasteiger charge is 2.34. The zero-order chi connectivity index (χ0) is 14.2. The van der Waals surface area contributed by atoms with Crippen molar-refractivity contribution in [3.8, 4) is 0 Å². The van der Waals surface area contributed by atoms with E-state index in [-0.39, 0.29) is 5.91 Å². The molecule has 1 aromatic carbocycles. The molecule has 1 aliphatic rings. The van der Waals surface area contributed by atoms with E-state index in [4.69, 9.17) is 0 Å². The first-order valence-corrected chi connectivity index (χ1v) is 8.18. The van der Waals surface area contributed by atoms with E-state index in [2.05, 4.69) is 64.4 Å². The van der Waals surface area contributed by atoms with Gasteiger partial charge in [-0.1, -0.05) is 6.92 Å². The van der Waals surface area contributed by atoms with Crippen LogP contribution in [0.3, 0.4) is 0 Å². The molecule has 0 spiro atoms. The van der Waals surface area contributed by atoms with Crippen LogP contribution in [-0.4, -0.2) is 48.9 Å². The van der Waals surface area contributed by atoms with Crippen LogP contribution in [-0.2, 0) is 0 Å². The van der Waals surface area contributed by atoms with Gasteiger partial charge in [0, 0.05) is 27.2 Å². The van der Waals surface area contributed by atoms with Gasteiger partial charge in [0.15, 0.2) is 0 Å². The zero-order valence-electron chi connectivity index (χ0n) is 11.4. The van der Waals surface area contributed by atoms with E-state index in [1.165, 1.54) is 0 Å². The average Bonchev–Trinajstić information content (AvgIpc) is 2.74. The molecule has 0 radical (unpaired) electrons. The number of hydrogen-bond acceptors (Lipinski definition) is 2. The second-order valence-corrected chi connectivity index (χ2v) is 7.44. The van der Waals surface area contributed by atoms with Crippen LogP contribution in [0.1, 0.15) is 17.3 Å². The Kier molecular flexibility index (Phi) is 4.89. The number of hydrogen-bond donors (Lipinski definition) is 0. The average molecular weight is 437 g/mol. The lowest BCUT2D eigenvalue weighted by atomic mass is 10.1. The molecule has 2 unspecified atom stereocenters. The Morgan fingerprint density at radius 3 is 2.68 bits per heavy atom.